The normalized spacial score (nSPS) is 11.2. The van der Waals surface area contributed by atoms with Gasteiger partial charge < -0.3 is 9.57 Å². The number of rotatable bonds is 5. The molecule has 0 saturated heterocycles. The van der Waals surface area contributed by atoms with Crippen LogP contribution in [0.25, 0.3) is 11.1 Å². The summed E-state index contributed by atoms with van der Waals surface area (Å²) in [5.74, 6) is -0.497. The van der Waals surface area contributed by atoms with Gasteiger partial charge in [-0.2, -0.15) is 0 Å². The van der Waals surface area contributed by atoms with Gasteiger partial charge in [-0.05, 0) is 41.3 Å². The van der Waals surface area contributed by atoms with Gasteiger partial charge in [0.05, 0.1) is 7.11 Å². The lowest BCUT2D eigenvalue weighted by atomic mass is 9.96. The minimum absolute atomic E-state index is 0.228. The largest absolute Gasteiger partial charge is 0.464 e. The van der Waals surface area contributed by atoms with Crippen molar-refractivity contribution in [3.05, 3.63) is 58.6 Å². The van der Waals surface area contributed by atoms with E-state index in [1.165, 1.54) is 14.2 Å². The van der Waals surface area contributed by atoms with Gasteiger partial charge in [0.15, 0.2) is 5.71 Å². The summed E-state index contributed by atoms with van der Waals surface area (Å²) in [7, 11) is 2.73. The Kier molecular flexibility index (Phi) is 5.77. The Balaban J connectivity index is 2.35. The number of aryl methyl sites for hydroxylation is 1. The number of halogens is 1. The van der Waals surface area contributed by atoms with E-state index in [2.05, 4.69) is 5.16 Å². The van der Waals surface area contributed by atoms with Crippen LogP contribution in [0.15, 0.2) is 47.6 Å². The Morgan fingerprint density at radius 3 is 2.35 bits per heavy atom. The average molecular weight is 332 g/mol. The molecule has 0 bridgehead atoms. The highest BCUT2D eigenvalue weighted by atomic mass is 35.5. The van der Waals surface area contributed by atoms with Crippen LogP contribution in [0.2, 0.25) is 5.02 Å². The predicted molar refractivity (Wildman–Crippen MR) is 91.8 cm³/mol. The van der Waals surface area contributed by atoms with Gasteiger partial charge in [0.2, 0.25) is 0 Å². The van der Waals surface area contributed by atoms with Crippen LogP contribution in [0.5, 0.6) is 0 Å². The minimum Gasteiger partial charge on any atom is -0.464 e. The standard InChI is InChI=1S/C18H18ClNO3/c1-12-4-5-14(13-6-8-16(19)9-7-13)10-15(12)11-17(20-23-3)18(21)22-2/h4-10H,11H2,1-3H3. The summed E-state index contributed by atoms with van der Waals surface area (Å²) < 4.78 is 4.74. The molecule has 0 atom stereocenters. The third kappa shape index (κ3) is 4.33. The number of oxime groups is 1. The second-order valence-electron chi connectivity index (χ2n) is 5.04. The van der Waals surface area contributed by atoms with E-state index in [4.69, 9.17) is 21.2 Å². The zero-order valence-electron chi connectivity index (χ0n) is 13.3. The monoisotopic (exact) mass is 331 g/mol. The van der Waals surface area contributed by atoms with Gasteiger partial charge in [-0.15, -0.1) is 0 Å². The topological polar surface area (TPSA) is 47.9 Å². The van der Waals surface area contributed by atoms with Crippen molar-refractivity contribution >= 4 is 23.3 Å². The molecule has 0 amide bonds. The van der Waals surface area contributed by atoms with E-state index in [1.54, 1.807) is 0 Å². The molecule has 0 radical (unpaired) electrons. The van der Waals surface area contributed by atoms with Crippen LogP contribution < -0.4 is 0 Å². The number of hydrogen-bond acceptors (Lipinski definition) is 4. The second-order valence-corrected chi connectivity index (χ2v) is 5.47. The smallest absolute Gasteiger partial charge is 0.356 e. The molecule has 4 nitrogen and oxygen atoms in total. The number of carbonyl (C=O) groups excluding carboxylic acids is 1. The molecule has 0 unspecified atom stereocenters. The summed E-state index contributed by atoms with van der Waals surface area (Å²) in [6.45, 7) is 1.99. The summed E-state index contributed by atoms with van der Waals surface area (Å²) in [6.07, 6.45) is 0.341. The van der Waals surface area contributed by atoms with Gasteiger partial charge >= 0.3 is 5.97 Å². The molecule has 0 aliphatic carbocycles. The van der Waals surface area contributed by atoms with E-state index in [0.29, 0.717) is 11.4 Å². The fourth-order valence-electron chi connectivity index (χ4n) is 2.23. The van der Waals surface area contributed by atoms with Gasteiger partial charge in [-0.25, -0.2) is 4.79 Å². The van der Waals surface area contributed by atoms with Gasteiger partial charge in [0.25, 0.3) is 0 Å². The summed E-state index contributed by atoms with van der Waals surface area (Å²) >= 11 is 5.93. The van der Waals surface area contributed by atoms with Crippen molar-refractivity contribution in [2.75, 3.05) is 14.2 Å². The van der Waals surface area contributed by atoms with E-state index in [0.717, 1.165) is 22.3 Å². The summed E-state index contributed by atoms with van der Waals surface area (Å²) in [5.41, 5.74) is 4.38. The molecule has 120 valence electrons. The van der Waals surface area contributed by atoms with Crippen LogP contribution in [-0.4, -0.2) is 25.9 Å². The molecule has 0 spiro atoms. The summed E-state index contributed by atoms with van der Waals surface area (Å²) in [5, 5.41) is 4.47. The third-order valence-electron chi connectivity index (χ3n) is 3.51. The zero-order chi connectivity index (χ0) is 16.8. The molecular weight excluding hydrogens is 314 g/mol. The number of nitrogens with zero attached hydrogens (tertiary/aromatic N) is 1. The highest BCUT2D eigenvalue weighted by molar-refractivity contribution is 6.36. The van der Waals surface area contributed by atoms with E-state index >= 15 is 0 Å². The molecular formula is C18H18ClNO3. The number of esters is 1. The van der Waals surface area contributed by atoms with Crippen molar-refractivity contribution in [1.29, 1.82) is 0 Å². The van der Waals surface area contributed by atoms with Crippen molar-refractivity contribution in [1.82, 2.24) is 0 Å². The van der Waals surface area contributed by atoms with E-state index in [-0.39, 0.29) is 5.71 Å². The highest BCUT2D eigenvalue weighted by Crippen LogP contribution is 2.24. The van der Waals surface area contributed by atoms with Crippen molar-refractivity contribution < 1.29 is 14.4 Å². The molecule has 2 aromatic rings. The van der Waals surface area contributed by atoms with Crippen LogP contribution in [-0.2, 0) is 20.8 Å². The molecule has 0 aromatic heterocycles. The first kappa shape index (κ1) is 17.0. The van der Waals surface area contributed by atoms with Crippen molar-refractivity contribution in [2.45, 2.75) is 13.3 Å². The Hall–Kier alpha value is -2.33. The first-order chi connectivity index (χ1) is 11.0. The van der Waals surface area contributed by atoms with Crippen LogP contribution >= 0.6 is 11.6 Å². The SMILES string of the molecule is CON=C(Cc1cc(-c2ccc(Cl)cc2)ccc1C)C(=O)OC. The molecule has 0 aliphatic heterocycles. The first-order valence-electron chi connectivity index (χ1n) is 7.09. The quantitative estimate of drug-likeness (QED) is 0.472. The molecule has 5 heteroatoms. The Bertz CT molecular complexity index is 724. The lowest BCUT2D eigenvalue weighted by Gasteiger charge is -2.10. The summed E-state index contributed by atoms with van der Waals surface area (Å²) in [4.78, 5) is 16.5. The van der Waals surface area contributed by atoms with Gasteiger partial charge in [0, 0.05) is 11.4 Å². The number of benzene rings is 2. The third-order valence-corrected chi connectivity index (χ3v) is 3.76. The zero-order valence-corrected chi connectivity index (χ0v) is 14.1. The van der Waals surface area contributed by atoms with Crippen LogP contribution in [0.4, 0.5) is 0 Å². The van der Waals surface area contributed by atoms with Crippen LogP contribution in [0, 0.1) is 6.92 Å². The van der Waals surface area contributed by atoms with Gasteiger partial charge in [-0.1, -0.05) is 47.1 Å². The first-order valence-corrected chi connectivity index (χ1v) is 7.46. The van der Waals surface area contributed by atoms with Gasteiger partial charge in [0.1, 0.15) is 7.11 Å². The second kappa shape index (κ2) is 7.79. The molecule has 0 heterocycles. The van der Waals surface area contributed by atoms with Crippen LogP contribution in [0.1, 0.15) is 11.1 Å². The van der Waals surface area contributed by atoms with E-state index in [1.807, 2.05) is 49.4 Å². The fourth-order valence-corrected chi connectivity index (χ4v) is 2.36. The lowest BCUT2D eigenvalue weighted by molar-refractivity contribution is -0.133. The Labute approximate surface area is 140 Å². The Morgan fingerprint density at radius 1 is 1.09 bits per heavy atom. The molecule has 2 aromatic carbocycles. The molecule has 2 rings (SSSR count). The molecule has 0 fully saturated rings. The van der Waals surface area contributed by atoms with Crippen molar-refractivity contribution in [2.24, 2.45) is 5.16 Å². The number of hydrogen-bond donors (Lipinski definition) is 0. The molecule has 23 heavy (non-hydrogen) atoms. The van der Waals surface area contributed by atoms with E-state index < -0.39 is 5.97 Å². The maximum atomic E-state index is 11.8. The lowest BCUT2D eigenvalue weighted by Crippen LogP contribution is -2.19. The molecule has 0 saturated carbocycles. The van der Waals surface area contributed by atoms with Crippen LogP contribution in [0.3, 0.4) is 0 Å². The number of carbonyl (C=O) groups is 1. The summed E-state index contributed by atoms with van der Waals surface area (Å²) in [6, 6.07) is 13.7. The average Bonchev–Trinajstić information content (AvgIpc) is 2.56. The Morgan fingerprint density at radius 2 is 1.74 bits per heavy atom. The molecule has 0 aliphatic rings. The molecule has 0 N–H and O–H groups in total. The minimum atomic E-state index is -0.497. The van der Waals surface area contributed by atoms with Crippen molar-refractivity contribution in [3.63, 3.8) is 0 Å². The predicted octanol–water partition coefficient (Wildman–Crippen LogP) is 4.03. The highest BCUT2D eigenvalue weighted by Gasteiger charge is 2.15. The van der Waals surface area contributed by atoms with Gasteiger partial charge in [-0.3, -0.25) is 0 Å². The number of methoxy groups -OCH3 is 1. The maximum Gasteiger partial charge on any atom is 0.356 e. The number of ether oxygens (including phenoxy) is 1. The van der Waals surface area contributed by atoms with Crippen molar-refractivity contribution in [3.8, 4) is 11.1 Å². The maximum absolute atomic E-state index is 11.8. The van der Waals surface area contributed by atoms with E-state index in [9.17, 15) is 4.79 Å². The fraction of sp³-hybridized carbons (Fsp3) is 0.222.